The number of carbonyl (C=O) groups is 1. The van der Waals surface area contributed by atoms with Crippen molar-refractivity contribution < 1.29 is 13.2 Å². The van der Waals surface area contributed by atoms with Crippen LogP contribution in [-0.4, -0.2) is 69.3 Å². The number of nitrogens with zero attached hydrogens (tertiary/aromatic N) is 3. The van der Waals surface area contributed by atoms with E-state index in [9.17, 15) is 13.2 Å². The number of rotatable bonds is 6. The number of hydrogen-bond donors (Lipinski definition) is 1. The molecular weight excluding hydrogens is 448 g/mol. The van der Waals surface area contributed by atoms with Gasteiger partial charge in [0.05, 0.1) is 11.4 Å². The number of piperazine rings is 1. The molecule has 2 aliphatic rings. The maximum absolute atomic E-state index is 12.9. The Labute approximate surface area is 203 Å². The van der Waals surface area contributed by atoms with Crippen molar-refractivity contribution in [2.24, 2.45) is 5.92 Å². The zero-order valence-electron chi connectivity index (χ0n) is 20.5. The molecule has 0 spiro atoms. The molecule has 0 bridgehead atoms. The van der Waals surface area contributed by atoms with E-state index in [4.69, 9.17) is 0 Å². The Kier molecular flexibility index (Phi) is 7.60. The first-order valence-corrected chi connectivity index (χ1v) is 13.6. The molecule has 0 saturated carbocycles. The lowest BCUT2D eigenvalue weighted by atomic mass is 10.0. The summed E-state index contributed by atoms with van der Waals surface area (Å²) >= 11 is 0. The zero-order chi connectivity index (χ0) is 24.3. The van der Waals surface area contributed by atoms with E-state index in [1.807, 2.05) is 0 Å². The van der Waals surface area contributed by atoms with E-state index in [-0.39, 0.29) is 10.8 Å². The Morgan fingerprint density at radius 3 is 2.24 bits per heavy atom. The minimum absolute atomic E-state index is 0.0826. The monoisotopic (exact) mass is 484 g/mol. The van der Waals surface area contributed by atoms with E-state index >= 15 is 0 Å². The number of benzene rings is 2. The van der Waals surface area contributed by atoms with Crippen LogP contribution in [0.15, 0.2) is 47.4 Å². The summed E-state index contributed by atoms with van der Waals surface area (Å²) in [5.74, 6) is 0.486. The molecule has 1 N–H and O–H groups in total. The van der Waals surface area contributed by atoms with E-state index in [1.165, 1.54) is 16.8 Å². The molecule has 2 saturated heterocycles. The molecule has 7 nitrogen and oxygen atoms in total. The van der Waals surface area contributed by atoms with Crippen molar-refractivity contribution in [1.29, 1.82) is 0 Å². The van der Waals surface area contributed by atoms with Gasteiger partial charge >= 0.3 is 0 Å². The summed E-state index contributed by atoms with van der Waals surface area (Å²) in [6.07, 6.45) is 1.79. The summed E-state index contributed by atoms with van der Waals surface area (Å²) < 4.78 is 27.3. The highest BCUT2D eigenvalue weighted by Crippen LogP contribution is 2.25. The van der Waals surface area contributed by atoms with Crippen LogP contribution in [0.5, 0.6) is 0 Å². The van der Waals surface area contributed by atoms with Crippen molar-refractivity contribution in [1.82, 2.24) is 9.21 Å². The van der Waals surface area contributed by atoms with E-state index in [0.29, 0.717) is 31.2 Å². The number of piperidine rings is 1. The highest BCUT2D eigenvalue weighted by Gasteiger charge is 2.28. The van der Waals surface area contributed by atoms with Gasteiger partial charge in [-0.05, 0) is 74.1 Å². The summed E-state index contributed by atoms with van der Waals surface area (Å²) in [5, 5.41) is 2.91. The number of nitrogens with one attached hydrogen (secondary N) is 1. The number of amides is 1. The van der Waals surface area contributed by atoms with Gasteiger partial charge in [-0.2, -0.15) is 4.31 Å². The van der Waals surface area contributed by atoms with Gasteiger partial charge in [0.2, 0.25) is 15.9 Å². The van der Waals surface area contributed by atoms with Crippen molar-refractivity contribution in [3.63, 3.8) is 0 Å². The molecule has 0 atom stereocenters. The van der Waals surface area contributed by atoms with E-state index in [2.05, 4.69) is 54.1 Å². The normalized spacial score (nSPS) is 18.7. The van der Waals surface area contributed by atoms with Crippen LogP contribution < -0.4 is 10.2 Å². The van der Waals surface area contributed by atoms with Crippen LogP contribution in [0.1, 0.15) is 30.9 Å². The molecule has 8 heteroatoms. The maximum Gasteiger partial charge on any atom is 0.243 e. The lowest BCUT2D eigenvalue weighted by Crippen LogP contribution is -2.48. The second kappa shape index (κ2) is 10.5. The molecule has 0 aliphatic carbocycles. The third kappa shape index (κ3) is 5.62. The molecule has 1 amide bonds. The van der Waals surface area contributed by atoms with Gasteiger partial charge in [-0.1, -0.05) is 19.1 Å². The van der Waals surface area contributed by atoms with Gasteiger partial charge in [-0.25, -0.2) is 8.42 Å². The molecule has 4 rings (SSSR count). The molecule has 2 aromatic rings. The van der Waals surface area contributed by atoms with Crippen LogP contribution in [0.2, 0.25) is 0 Å². The van der Waals surface area contributed by atoms with Gasteiger partial charge in [-0.15, -0.1) is 0 Å². The number of aryl methyl sites for hydroxylation is 1. The van der Waals surface area contributed by atoms with E-state index in [0.717, 1.165) is 39.0 Å². The van der Waals surface area contributed by atoms with Crippen molar-refractivity contribution in [3.05, 3.63) is 53.6 Å². The molecule has 2 aromatic carbocycles. The average molecular weight is 485 g/mol. The molecule has 34 heavy (non-hydrogen) atoms. The summed E-state index contributed by atoms with van der Waals surface area (Å²) in [6, 6.07) is 12.9. The van der Waals surface area contributed by atoms with Crippen molar-refractivity contribution in [2.75, 3.05) is 56.0 Å². The molecule has 0 radical (unpaired) electrons. The summed E-state index contributed by atoms with van der Waals surface area (Å²) in [6.45, 7) is 11.3. The zero-order valence-corrected chi connectivity index (χ0v) is 21.3. The van der Waals surface area contributed by atoms with Crippen molar-refractivity contribution >= 4 is 27.3 Å². The Balaban J connectivity index is 1.28. The molecule has 184 valence electrons. The second-order valence-electron chi connectivity index (χ2n) is 9.64. The Bertz CT molecular complexity index is 1100. The van der Waals surface area contributed by atoms with E-state index < -0.39 is 10.0 Å². The van der Waals surface area contributed by atoms with Gasteiger partial charge in [0.15, 0.2) is 0 Å². The summed E-state index contributed by atoms with van der Waals surface area (Å²) in [7, 11) is -3.48. The topological polar surface area (TPSA) is 73.0 Å². The van der Waals surface area contributed by atoms with Crippen molar-refractivity contribution in [2.45, 2.75) is 38.5 Å². The summed E-state index contributed by atoms with van der Waals surface area (Å²) in [4.78, 5) is 17.4. The Morgan fingerprint density at radius 1 is 0.941 bits per heavy atom. The van der Waals surface area contributed by atoms with Crippen LogP contribution in [0.4, 0.5) is 11.4 Å². The fraction of sp³-hybridized carbons (Fsp3) is 0.500. The molecule has 2 aliphatic heterocycles. The molecular formula is C26H36N4O3S. The fourth-order valence-electron chi connectivity index (χ4n) is 4.71. The quantitative estimate of drug-likeness (QED) is 0.680. The molecule has 0 unspecified atom stereocenters. The number of hydrogen-bond acceptors (Lipinski definition) is 5. The Hall–Kier alpha value is -2.42. The predicted molar refractivity (Wildman–Crippen MR) is 137 cm³/mol. The first-order valence-electron chi connectivity index (χ1n) is 12.2. The van der Waals surface area contributed by atoms with Gasteiger partial charge in [0.1, 0.15) is 0 Å². The third-order valence-electron chi connectivity index (χ3n) is 7.17. The van der Waals surface area contributed by atoms with Crippen LogP contribution in [0.3, 0.4) is 0 Å². The lowest BCUT2D eigenvalue weighted by molar-refractivity contribution is -0.117. The minimum atomic E-state index is -3.48. The third-order valence-corrected chi connectivity index (χ3v) is 9.09. The van der Waals surface area contributed by atoms with Gasteiger partial charge in [0.25, 0.3) is 0 Å². The maximum atomic E-state index is 12.9. The fourth-order valence-corrected chi connectivity index (χ4v) is 6.18. The lowest BCUT2D eigenvalue weighted by Gasteiger charge is -2.36. The smallest absolute Gasteiger partial charge is 0.243 e. The first kappa shape index (κ1) is 24.7. The number of anilines is 2. The standard InChI is InChI=1S/C26H36N4O3S/c1-20-11-13-30(14-12-20)34(32,33)24-9-7-23(8-10-24)27-26(31)19-28-15-17-29(18-16-28)25-6-4-5-21(2)22(25)3/h4-10,20H,11-19H2,1-3H3,(H,27,31). The minimum Gasteiger partial charge on any atom is -0.369 e. The Morgan fingerprint density at radius 2 is 1.59 bits per heavy atom. The number of carbonyl (C=O) groups excluding carboxylic acids is 1. The summed E-state index contributed by atoms with van der Waals surface area (Å²) in [5.41, 5.74) is 4.50. The number of sulfonamides is 1. The van der Waals surface area contributed by atoms with Crippen LogP contribution >= 0.6 is 0 Å². The van der Waals surface area contributed by atoms with Gasteiger partial charge in [-0.3, -0.25) is 9.69 Å². The SMILES string of the molecule is Cc1cccc(N2CCN(CC(=O)Nc3ccc(S(=O)(=O)N4CCC(C)CC4)cc3)CC2)c1C. The average Bonchev–Trinajstić information content (AvgIpc) is 2.82. The molecule has 2 fully saturated rings. The largest absolute Gasteiger partial charge is 0.369 e. The first-order chi connectivity index (χ1) is 16.2. The second-order valence-corrected chi connectivity index (χ2v) is 11.6. The molecule has 0 aromatic heterocycles. The highest BCUT2D eigenvalue weighted by atomic mass is 32.2. The van der Waals surface area contributed by atoms with Gasteiger partial charge in [0, 0.05) is 50.6 Å². The van der Waals surface area contributed by atoms with Crippen LogP contribution in [0.25, 0.3) is 0 Å². The van der Waals surface area contributed by atoms with Gasteiger partial charge < -0.3 is 10.2 Å². The van der Waals surface area contributed by atoms with Crippen LogP contribution in [0, 0.1) is 19.8 Å². The highest BCUT2D eigenvalue weighted by molar-refractivity contribution is 7.89. The van der Waals surface area contributed by atoms with Crippen molar-refractivity contribution in [3.8, 4) is 0 Å². The predicted octanol–water partition coefficient (Wildman–Crippen LogP) is 3.48. The van der Waals surface area contributed by atoms with Crippen LogP contribution in [-0.2, 0) is 14.8 Å². The molecule has 2 heterocycles. The van der Waals surface area contributed by atoms with E-state index in [1.54, 1.807) is 28.6 Å².